The van der Waals surface area contributed by atoms with E-state index in [2.05, 4.69) is 31.2 Å². The number of hydrogen-bond acceptors (Lipinski definition) is 6. The summed E-state index contributed by atoms with van der Waals surface area (Å²) in [4.78, 5) is 19.4. The Kier molecular flexibility index (Phi) is 3.34. The molecule has 0 fully saturated rings. The maximum absolute atomic E-state index is 10.9. The summed E-state index contributed by atoms with van der Waals surface area (Å²) in [6.45, 7) is 1.91. The van der Waals surface area contributed by atoms with Gasteiger partial charge in [0, 0.05) is 27.8 Å². The number of nitrogens with zero attached hydrogens (tertiary/aromatic N) is 3. The largest absolute Gasteiger partial charge is 0.312 e. The Labute approximate surface area is 109 Å². The quantitative estimate of drug-likeness (QED) is 0.694. The first-order chi connectivity index (χ1) is 8.06. The minimum Gasteiger partial charge on any atom is -0.310 e. The smallest absolute Gasteiger partial charge is 0.310 e. The van der Waals surface area contributed by atoms with E-state index in [-0.39, 0.29) is 11.5 Å². The number of hydrogen-bond donors (Lipinski definition) is 1. The molecule has 0 aromatic carbocycles. The van der Waals surface area contributed by atoms with Crippen molar-refractivity contribution >= 4 is 43.9 Å². The van der Waals surface area contributed by atoms with Crippen molar-refractivity contribution in [1.82, 2.24) is 9.97 Å². The number of nitrogens with one attached hydrogen (secondary N) is 1. The van der Waals surface area contributed by atoms with Crippen molar-refractivity contribution in [3.63, 3.8) is 0 Å². The van der Waals surface area contributed by atoms with E-state index in [4.69, 9.17) is 0 Å². The molecular formula is C9H7BrN4O2S. The summed E-state index contributed by atoms with van der Waals surface area (Å²) in [5.74, 6) is 0.188. The molecule has 0 aliphatic carbocycles. The summed E-state index contributed by atoms with van der Waals surface area (Å²) in [6.07, 6.45) is 3.19. The maximum atomic E-state index is 10.9. The molecule has 1 N–H and O–H groups in total. The molecule has 0 atom stereocenters. The molecule has 0 radical (unpaired) electrons. The fraction of sp³-hybridized carbons (Fsp3) is 0.111. The van der Waals surface area contributed by atoms with Crippen LogP contribution in [0.1, 0.15) is 4.88 Å². The van der Waals surface area contributed by atoms with Crippen molar-refractivity contribution in [3.05, 3.63) is 37.9 Å². The summed E-state index contributed by atoms with van der Waals surface area (Å²) in [5, 5.41) is 14.3. The predicted molar refractivity (Wildman–Crippen MR) is 68.7 cm³/mol. The lowest BCUT2D eigenvalue weighted by Crippen LogP contribution is -1.99. The van der Waals surface area contributed by atoms with Crippen LogP contribution in [0.25, 0.3) is 0 Å². The first-order valence-corrected chi connectivity index (χ1v) is 6.16. The first-order valence-electron chi connectivity index (χ1n) is 4.55. The van der Waals surface area contributed by atoms with Gasteiger partial charge in [0.1, 0.15) is 0 Å². The van der Waals surface area contributed by atoms with Crippen LogP contribution >= 0.6 is 27.3 Å². The van der Waals surface area contributed by atoms with Gasteiger partial charge in [-0.3, -0.25) is 10.1 Å². The SMILES string of the molecule is Cc1cnc(Nc2ncc(Br)cc2[N+](=O)[O-])s1. The number of nitro groups is 1. The molecule has 17 heavy (non-hydrogen) atoms. The van der Waals surface area contributed by atoms with Gasteiger partial charge in [-0.15, -0.1) is 11.3 Å². The highest BCUT2D eigenvalue weighted by molar-refractivity contribution is 9.10. The third kappa shape index (κ3) is 2.77. The molecule has 0 spiro atoms. The Morgan fingerprint density at radius 3 is 2.82 bits per heavy atom. The van der Waals surface area contributed by atoms with E-state index in [0.29, 0.717) is 9.60 Å². The second kappa shape index (κ2) is 4.76. The van der Waals surface area contributed by atoms with Gasteiger partial charge in [-0.2, -0.15) is 0 Å². The molecule has 0 unspecified atom stereocenters. The summed E-state index contributed by atoms with van der Waals surface area (Å²) in [7, 11) is 0. The van der Waals surface area contributed by atoms with Crippen LogP contribution in [-0.4, -0.2) is 14.9 Å². The summed E-state index contributed by atoms with van der Waals surface area (Å²) >= 11 is 4.56. The zero-order valence-electron chi connectivity index (χ0n) is 8.68. The van der Waals surface area contributed by atoms with Crippen LogP contribution < -0.4 is 5.32 Å². The van der Waals surface area contributed by atoms with Gasteiger partial charge in [0.25, 0.3) is 0 Å². The van der Waals surface area contributed by atoms with E-state index in [9.17, 15) is 10.1 Å². The normalized spacial score (nSPS) is 10.2. The molecule has 2 rings (SSSR count). The van der Waals surface area contributed by atoms with Crippen LogP contribution in [0.15, 0.2) is 22.9 Å². The first kappa shape index (κ1) is 11.9. The Morgan fingerprint density at radius 1 is 1.47 bits per heavy atom. The van der Waals surface area contributed by atoms with Crippen molar-refractivity contribution < 1.29 is 4.92 Å². The number of halogens is 1. The molecule has 2 aromatic rings. The van der Waals surface area contributed by atoms with E-state index >= 15 is 0 Å². The predicted octanol–water partition coefficient (Wildman–Crippen LogP) is 3.26. The van der Waals surface area contributed by atoms with E-state index in [0.717, 1.165) is 4.88 Å². The van der Waals surface area contributed by atoms with Gasteiger partial charge in [-0.25, -0.2) is 9.97 Å². The molecule has 8 heteroatoms. The van der Waals surface area contributed by atoms with Crippen molar-refractivity contribution in [3.8, 4) is 0 Å². The third-order valence-electron chi connectivity index (χ3n) is 1.88. The average Bonchev–Trinajstić information content (AvgIpc) is 2.66. The Hall–Kier alpha value is -1.54. The van der Waals surface area contributed by atoms with E-state index in [1.54, 1.807) is 6.20 Å². The number of thiazole rings is 1. The third-order valence-corrected chi connectivity index (χ3v) is 3.14. The second-order valence-electron chi connectivity index (χ2n) is 3.18. The molecule has 0 aliphatic rings. The average molecular weight is 315 g/mol. The van der Waals surface area contributed by atoms with Crippen LogP contribution in [0.3, 0.4) is 0 Å². The Morgan fingerprint density at radius 2 is 2.24 bits per heavy atom. The number of rotatable bonds is 3. The van der Waals surface area contributed by atoms with Gasteiger partial charge < -0.3 is 5.32 Å². The molecule has 0 aliphatic heterocycles. The lowest BCUT2D eigenvalue weighted by Gasteiger charge is -2.02. The van der Waals surface area contributed by atoms with Gasteiger partial charge in [-0.05, 0) is 22.9 Å². The molecule has 0 saturated heterocycles. The van der Waals surface area contributed by atoms with Crippen molar-refractivity contribution in [2.45, 2.75) is 6.92 Å². The molecule has 0 amide bonds. The van der Waals surface area contributed by atoms with Gasteiger partial charge >= 0.3 is 5.69 Å². The van der Waals surface area contributed by atoms with Crippen LogP contribution in [0, 0.1) is 17.0 Å². The Balaban J connectivity index is 2.35. The number of anilines is 2. The summed E-state index contributed by atoms with van der Waals surface area (Å²) in [6, 6.07) is 1.40. The number of pyridine rings is 1. The lowest BCUT2D eigenvalue weighted by atomic mass is 10.4. The highest BCUT2D eigenvalue weighted by Crippen LogP contribution is 2.29. The summed E-state index contributed by atoms with van der Waals surface area (Å²) < 4.78 is 0.560. The molecule has 2 aromatic heterocycles. The highest BCUT2D eigenvalue weighted by atomic mass is 79.9. The lowest BCUT2D eigenvalue weighted by molar-refractivity contribution is -0.384. The van der Waals surface area contributed by atoms with Crippen molar-refractivity contribution in [2.75, 3.05) is 5.32 Å². The Bertz CT molecular complexity index is 572. The van der Waals surface area contributed by atoms with Gasteiger partial charge in [0.05, 0.1) is 4.92 Å². The summed E-state index contributed by atoms with van der Waals surface area (Å²) in [5.41, 5.74) is -0.0905. The molecule has 0 saturated carbocycles. The van der Waals surface area contributed by atoms with Gasteiger partial charge in [0.15, 0.2) is 5.13 Å². The topological polar surface area (TPSA) is 81.0 Å². The van der Waals surface area contributed by atoms with E-state index < -0.39 is 4.92 Å². The minimum atomic E-state index is -0.486. The van der Waals surface area contributed by atoms with Crippen LogP contribution in [0.4, 0.5) is 16.6 Å². The number of aryl methyl sites for hydroxylation is 1. The maximum Gasteiger partial charge on any atom is 0.312 e. The van der Waals surface area contributed by atoms with Crippen LogP contribution in [0.2, 0.25) is 0 Å². The minimum absolute atomic E-state index is 0.0905. The monoisotopic (exact) mass is 314 g/mol. The molecule has 6 nitrogen and oxygen atoms in total. The van der Waals surface area contributed by atoms with Crippen molar-refractivity contribution in [1.29, 1.82) is 0 Å². The van der Waals surface area contributed by atoms with Crippen molar-refractivity contribution in [2.24, 2.45) is 0 Å². The van der Waals surface area contributed by atoms with Gasteiger partial charge in [-0.1, -0.05) is 0 Å². The zero-order valence-corrected chi connectivity index (χ0v) is 11.1. The van der Waals surface area contributed by atoms with Gasteiger partial charge in [0.2, 0.25) is 5.82 Å². The standard InChI is InChI=1S/C9H7BrN4O2S/c1-5-3-12-9(17-5)13-8-7(14(15)16)2-6(10)4-11-8/h2-4H,1H3,(H,11,12,13). The van der Waals surface area contributed by atoms with Crippen LogP contribution in [0.5, 0.6) is 0 Å². The fourth-order valence-corrected chi connectivity index (χ4v) is 2.16. The van der Waals surface area contributed by atoms with E-state index in [1.165, 1.54) is 23.6 Å². The fourth-order valence-electron chi connectivity index (χ4n) is 1.18. The van der Waals surface area contributed by atoms with Crippen LogP contribution in [-0.2, 0) is 0 Å². The highest BCUT2D eigenvalue weighted by Gasteiger charge is 2.16. The molecule has 88 valence electrons. The molecule has 2 heterocycles. The van der Waals surface area contributed by atoms with E-state index in [1.807, 2.05) is 6.92 Å². The molecular weight excluding hydrogens is 308 g/mol. The second-order valence-corrected chi connectivity index (χ2v) is 5.33. The number of aromatic nitrogens is 2. The molecule has 0 bridgehead atoms. The zero-order chi connectivity index (χ0) is 12.4.